The molecule has 0 N–H and O–H groups in total. The third kappa shape index (κ3) is 2.56. The van der Waals surface area contributed by atoms with Crippen LogP contribution in [0.15, 0.2) is 36.7 Å². The van der Waals surface area contributed by atoms with Crippen molar-refractivity contribution in [2.75, 3.05) is 0 Å². The highest BCUT2D eigenvalue weighted by molar-refractivity contribution is 5.96. The summed E-state index contributed by atoms with van der Waals surface area (Å²) in [6.45, 7) is 4.32. The van der Waals surface area contributed by atoms with Crippen LogP contribution in [-0.2, 0) is 6.54 Å². The molecule has 0 spiro atoms. The second kappa shape index (κ2) is 5.45. The van der Waals surface area contributed by atoms with Gasteiger partial charge in [0.05, 0.1) is 12.0 Å². The summed E-state index contributed by atoms with van der Waals surface area (Å²) in [5, 5.41) is 0. The lowest BCUT2D eigenvalue weighted by Gasteiger charge is -2.01. The minimum Gasteiger partial charge on any atom is -0.328 e. The van der Waals surface area contributed by atoms with Gasteiger partial charge in [0.2, 0.25) is 0 Å². The van der Waals surface area contributed by atoms with Crippen molar-refractivity contribution in [3.05, 3.63) is 53.6 Å². The number of ketones is 1. The molecule has 0 radical (unpaired) electrons. The van der Waals surface area contributed by atoms with Gasteiger partial charge in [-0.25, -0.2) is 4.98 Å². The van der Waals surface area contributed by atoms with Gasteiger partial charge in [0, 0.05) is 13.5 Å². The molecule has 0 saturated carbocycles. The molecule has 2 rings (SSSR count). The third-order valence-corrected chi connectivity index (χ3v) is 2.77. The minimum absolute atomic E-state index is 0.0436. The van der Waals surface area contributed by atoms with Crippen molar-refractivity contribution in [2.24, 2.45) is 0 Å². The van der Waals surface area contributed by atoms with Gasteiger partial charge in [0.1, 0.15) is 5.69 Å². The molecule has 0 bridgehead atoms. The van der Waals surface area contributed by atoms with Crippen molar-refractivity contribution in [3.63, 3.8) is 0 Å². The molecule has 18 heavy (non-hydrogen) atoms. The Morgan fingerprint density at radius 3 is 2.61 bits per heavy atom. The van der Waals surface area contributed by atoms with Gasteiger partial charge in [0.15, 0.2) is 5.78 Å². The molecule has 92 valence electrons. The number of nitrogens with zero attached hydrogens (tertiary/aromatic N) is 2. The monoisotopic (exact) mass is 240 g/mol. The van der Waals surface area contributed by atoms with Crippen LogP contribution in [0.3, 0.4) is 0 Å². The quantitative estimate of drug-likeness (QED) is 0.769. The lowest BCUT2D eigenvalue weighted by Crippen LogP contribution is -2.05. The number of hydrogen-bond acceptors (Lipinski definition) is 2. The SMILES string of the molecule is CCn1cnc(/C=C/c2ccccc2)c1C(C)=O. The Labute approximate surface area is 107 Å². The first-order chi connectivity index (χ1) is 8.72. The minimum atomic E-state index is 0.0436. The van der Waals surface area contributed by atoms with E-state index in [-0.39, 0.29) is 5.78 Å². The fourth-order valence-electron chi connectivity index (χ4n) is 1.88. The number of benzene rings is 1. The van der Waals surface area contributed by atoms with E-state index in [2.05, 4.69) is 4.98 Å². The van der Waals surface area contributed by atoms with Gasteiger partial charge < -0.3 is 4.57 Å². The molecule has 0 aliphatic heterocycles. The molecule has 0 aliphatic rings. The lowest BCUT2D eigenvalue weighted by atomic mass is 10.1. The summed E-state index contributed by atoms with van der Waals surface area (Å²) < 4.78 is 1.87. The molecular formula is C15H16N2O. The zero-order valence-electron chi connectivity index (χ0n) is 10.6. The van der Waals surface area contributed by atoms with E-state index in [0.29, 0.717) is 5.69 Å². The first-order valence-corrected chi connectivity index (χ1v) is 6.01. The van der Waals surface area contributed by atoms with Crippen molar-refractivity contribution in [3.8, 4) is 0 Å². The molecular weight excluding hydrogens is 224 g/mol. The molecule has 3 heteroatoms. The van der Waals surface area contributed by atoms with Crippen LogP contribution in [-0.4, -0.2) is 15.3 Å². The number of rotatable bonds is 4. The molecule has 1 aromatic heterocycles. The summed E-state index contributed by atoms with van der Waals surface area (Å²) in [7, 11) is 0. The van der Waals surface area contributed by atoms with Gasteiger partial charge in [0.25, 0.3) is 0 Å². The van der Waals surface area contributed by atoms with Crippen LogP contribution >= 0.6 is 0 Å². The highest BCUT2D eigenvalue weighted by Gasteiger charge is 2.11. The molecule has 1 aromatic carbocycles. The number of hydrogen-bond donors (Lipinski definition) is 0. The summed E-state index contributed by atoms with van der Waals surface area (Å²) in [5.74, 6) is 0.0436. The van der Waals surface area contributed by atoms with Crippen LogP contribution in [0.2, 0.25) is 0 Å². The molecule has 0 unspecified atom stereocenters. The molecule has 2 aromatic rings. The van der Waals surface area contributed by atoms with Crippen molar-refractivity contribution in [1.29, 1.82) is 0 Å². The Kier molecular flexibility index (Phi) is 3.72. The van der Waals surface area contributed by atoms with Gasteiger partial charge >= 0.3 is 0 Å². The average Bonchev–Trinajstić information content (AvgIpc) is 2.80. The van der Waals surface area contributed by atoms with E-state index in [9.17, 15) is 4.79 Å². The fourth-order valence-corrected chi connectivity index (χ4v) is 1.88. The first kappa shape index (κ1) is 12.3. The van der Waals surface area contributed by atoms with E-state index in [1.54, 1.807) is 13.3 Å². The van der Waals surface area contributed by atoms with Crippen molar-refractivity contribution in [1.82, 2.24) is 9.55 Å². The average molecular weight is 240 g/mol. The molecule has 0 atom stereocenters. The first-order valence-electron chi connectivity index (χ1n) is 6.01. The highest BCUT2D eigenvalue weighted by atomic mass is 16.1. The Hall–Kier alpha value is -2.16. The lowest BCUT2D eigenvalue weighted by molar-refractivity contribution is 0.100. The largest absolute Gasteiger partial charge is 0.328 e. The van der Waals surface area contributed by atoms with E-state index in [1.165, 1.54) is 0 Å². The van der Waals surface area contributed by atoms with Crippen LogP contribution in [0, 0.1) is 0 Å². The molecule has 0 amide bonds. The molecule has 1 heterocycles. The normalized spacial score (nSPS) is 11.0. The van der Waals surface area contributed by atoms with Crippen LogP contribution in [0.1, 0.15) is 35.6 Å². The van der Waals surface area contributed by atoms with E-state index < -0.39 is 0 Å². The molecule has 0 aliphatic carbocycles. The van der Waals surface area contributed by atoms with Gasteiger partial charge in [-0.2, -0.15) is 0 Å². The molecule has 0 saturated heterocycles. The number of Topliss-reactive ketones (excluding diaryl/α,β-unsaturated/α-hetero) is 1. The topological polar surface area (TPSA) is 34.9 Å². The van der Waals surface area contributed by atoms with Crippen molar-refractivity contribution in [2.45, 2.75) is 20.4 Å². The summed E-state index contributed by atoms with van der Waals surface area (Å²) in [5.41, 5.74) is 2.50. The van der Waals surface area contributed by atoms with E-state index in [1.807, 2.05) is 54.0 Å². The Morgan fingerprint density at radius 2 is 2.00 bits per heavy atom. The maximum Gasteiger partial charge on any atom is 0.178 e. The zero-order valence-corrected chi connectivity index (χ0v) is 10.6. The number of carbonyl (C=O) groups excluding carboxylic acids is 1. The summed E-state index contributed by atoms with van der Waals surface area (Å²) >= 11 is 0. The second-order valence-electron chi connectivity index (χ2n) is 4.06. The number of aryl methyl sites for hydroxylation is 1. The number of carbonyl (C=O) groups is 1. The van der Waals surface area contributed by atoms with Gasteiger partial charge in [-0.05, 0) is 18.6 Å². The van der Waals surface area contributed by atoms with Crippen LogP contribution in [0.5, 0.6) is 0 Å². The van der Waals surface area contributed by atoms with Gasteiger partial charge in [-0.1, -0.05) is 36.4 Å². The van der Waals surface area contributed by atoms with E-state index in [0.717, 1.165) is 17.8 Å². The summed E-state index contributed by atoms with van der Waals surface area (Å²) in [6.07, 6.45) is 5.56. The Morgan fingerprint density at radius 1 is 1.28 bits per heavy atom. The molecule has 3 nitrogen and oxygen atoms in total. The van der Waals surface area contributed by atoms with Crippen molar-refractivity contribution >= 4 is 17.9 Å². The maximum atomic E-state index is 11.6. The van der Waals surface area contributed by atoms with Crippen LogP contribution in [0.4, 0.5) is 0 Å². The fraction of sp³-hybridized carbons (Fsp3) is 0.200. The van der Waals surface area contributed by atoms with Gasteiger partial charge in [-0.15, -0.1) is 0 Å². The highest BCUT2D eigenvalue weighted by Crippen LogP contribution is 2.13. The van der Waals surface area contributed by atoms with Crippen LogP contribution < -0.4 is 0 Å². The number of imidazole rings is 1. The summed E-state index contributed by atoms with van der Waals surface area (Å²) in [6, 6.07) is 9.97. The van der Waals surface area contributed by atoms with Crippen LogP contribution in [0.25, 0.3) is 12.2 Å². The van der Waals surface area contributed by atoms with E-state index in [4.69, 9.17) is 0 Å². The predicted octanol–water partition coefficient (Wildman–Crippen LogP) is 3.28. The smallest absolute Gasteiger partial charge is 0.178 e. The third-order valence-electron chi connectivity index (χ3n) is 2.77. The Bertz CT molecular complexity index is 567. The Balaban J connectivity index is 2.32. The number of aromatic nitrogens is 2. The zero-order chi connectivity index (χ0) is 13.0. The molecule has 0 fully saturated rings. The maximum absolute atomic E-state index is 11.6. The van der Waals surface area contributed by atoms with E-state index >= 15 is 0 Å². The van der Waals surface area contributed by atoms with Gasteiger partial charge in [-0.3, -0.25) is 4.79 Å². The standard InChI is InChI=1S/C15H16N2O/c1-3-17-11-16-14(15(17)12(2)18)10-9-13-7-5-4-6-8-13/h4-11H,3H2,1-2H3/b10-9+. The second-order valence-corrected chi connectivity index (χ2v) is 4.06. The predicted molar refractivity (Wildman–Crippen MR) is 73.3 cm³/mol. The summed E-state index contributed by atoms with van der Waals surface area (Å²) in [4.78, 5) is 15.9. The van der Waals surface area contributed by atoms with Crippen molar-refractivity contribution < 1.29 is 4.79 Å².